The molecule has 3 aromatic carbocycles. The van der Waals surface area contributed by atoms with Crippen LogP contribution in [0.3, 0.4) is 0 Å². The minimum absolute atomic E-state index is 0.0872. The molecule has 1 aliphatic heterocycles. The smallest absolute Gasteiger partial charge is 0.300 e. The zero-order valence-corrected chi connectivity index (χ0v) is 17.6. The lowest BCUT2D eigenvalue weighted by Crippen LogP contribution is -2.29. The molecule has 0 spiro atoms. The summed E-state index contributed by atoms with van der Waals surface area (Å²) in [7, 11) is 1.48. The van der Waals surface area contributed by atoms with Gasteiger partial charge >= 0.3 is 0 Å². The van der Waals surface area contributed by atoms with Gasteiger partial charge in [-0.1, -0.05) is 12.1 Å². The Morgan fingerprint density at radius 2 is 1.64 bits per heavy atom. The molecule has 1 N–H and O–H groups in total. The van der Waals surface area contributed by atoms with Crippen molar-refractivity contribution in [2.24, 2.45) is 0 Å². The number of nitrogens with zero attached hydrogens (tertiary/aromatic N) is 1. The lowest BCUT2D eigenvalue weighted by molar-refractivity contribution is -0.132. The summed E-state index contributed by atoms with van der Waals surface area (Å²) in [6, 6.07) is 11.3. The minimum atomic E-state index is -1.21. The van der Waals surface area contributed by atoms with Crippen LogP contribution in [-0.2, 0) is 9.59 Å². The number of aryl methyl sites for hydroxylation is 1. The second-order valence-electron chi connectivity index (χ2n) is 7.50. The van der Waals surface area contributed by atoms with Crippen LogP contribution in [0.1, 0.15) is 22.7 Å². The summed E-state index contributed by atoms with van der Waals surface area (Å²) in [4.78, 5) is 27.0. The van der Waals surface area contributed by atoms with E-state index in [1.165, 1.54) is 25.3 Å². The van der Waals surface area contributed by atoms with E-state index in [1.54, 1.807) is 19.1 Å². The van der Waals surface area contributed by atoms with Crippen molar-refractivity contribution in [1.29, 1.82) is 0 Å². The van der Waals surface area contributed by atoms with E-state index >= 15 is 0 Å². The van der Waals surface area contributed by atoms with Gasteiger partial charge in [0, 0.05) is 17.3 Å². The highest BCUT2D eigenvalue weighted by molar-refractivity contribution is 6.51. The number of rotatable bonds is 4. The molecule has 0 bridgehead atoms. The summed E-state index contributed by atoms with van der Waals surface area (Å²) in [5.41, 5.74) is 0.809. The van der Waals surface area contributed by atoms with E-state index in [9.17, 15) is 27.9 Å². The normalized spacial score (nSPS) is 17.5. The van der Waals surface area contributed by atoms with Gasteiger partial charge in [-0.25, -0.2) is 13.2 Å². The van der Waals surface area contributed by atoms with Gasteiger partial charge in [-0.05, 0) is 60.5 Å². The standard InChI is InChI=1S/C25H18F3NO4/c1-13-11-17(33-2)8-9-18(13)23(30)21-22(14-3-5-15(26)6-4-14)29(25(32)24(21)31)16-7-10-19(27)20(28)12-16/h3-12,22,30H,1-2H3/b23-21+. The van der Waals surface area contributed by atoms with Crippen molar-refractivity contribution in [3.8, 4) is 5.75 Å². The van der Waals surface area contributed by atoms with Crippen LogP contribution < -0.4 is 9.64 Å². The quantitative estimate of drug-likeness (QED) is 0.341. The molecule has 1 aliphatic rings. The highest BCUT2D eigenvalue weighted by atomic mass is 19.2. The van der Waals surface area contributed by atoms with E-state index < -0.39 is 40.9 Å². The van der Waals surface area contributed by atoms with E-state index in [0.29, 0.717) is 16.9 Å². The number of methoxy groups -OCH3 is 1. The number of benzene rings is 3. The topological polar surface area (TPSA) is 66.8 Å². The minimum Gasteiger partial charge on any atom is -0.507 e. The van der Waals surface area contributed by atoms with Crippen LogP contribution in [0.5, 0.6) is 5.75 Å². The van der Waals surface area contributed by atoms with Gasteiger partial charge in [0.15, 0.2) is 11.6 Å². The van der Waals surface area contributed by atoms with Crippen LogP contribution in [0.15, 0.2) is 66.2 Å². The van der Waals surface area contributed by atoms with Crippen molar-refractivity contribution in [2.45, 2.75) is 13.0 Å². The van der Waals surface area contributed by atoms with Crippen LogP contribution in [0.2, 0.25) is 0 Å². The fraction of sp³-hybridized carbons (Fsp3) is 0.120. The number of amides is 1. The van der Waals surface area contributed by atoms with Gasteiger partial charge in [0.1, 0.15) is 17.3 Å². The first-order chi connectivity index (χ1) is 15.7. The van der Waals surface area contributed by atoms with Gasteiger partial charge in [-0.3, -0.25) is 14.5 Å². The second kappa shape index (κ2) is 8.46. The average Bonchev–Trinajstić information content (AvgIpc) is 3.06. The highest BCUT2D eigenvalue weighted by Gasteiger charge is 2.47. The van der Waals surface area contributed by atoms with Crippen molar-refractivity contribution in [2.75, 3.05) is 12.0 Å². The summed E-state index contributed by atoms with van der Waals surface area (Å²) in [6.07, 6.45) is 0. The average molecular weight is 453 g/mol. The zero-order valence-electron chi connectivity index (χ0n) is 17.6. The molecule has 4 rings (SSSR count). The van der Waals surface area contributed by atoms with Gasteiger partial charge in [-0.15, -0.1) is 0 Å². The molecule has 0 radical (unpaired) electrons. The molecule has 8 heteroatoms. The number of hydrogen-bond acceptors (Lipinski definition) is 4. The first-order valence-electron chi connectivity index (χ1n) is 9.89. The maximum Gasteiger partial charge on any atom is 0.300 e. The number of aliphatic hydroxyl groups excluding tert-OH is 1. The summed E-state index contributed by atoms with van der Waals surface area (Å²) < 4.78 is 46.2. The number of carbonyl (C=O) groups excluding carboxylic acids is 2. The number of carbonyl (C=O) groups is 2. The molecule has 33 heavy (non-hydrogen) atoms. The maximum atomic E-state index is 14.0. The van der Waals surface area contributed by atoms with Crippen LogP contribution in [0, 0.1) is 24.4 Å². The zero-order chi connectivity index (χ0) is 23.9. The molecule has 1 unspecified atom stereocenters. The number of aliphatic hydroxyl groups is 1. The number of ether oxygens (including phenoxy) is 1. The van der Waals surface area contributed by atoms with Crippen LogP contribution in [-0.4, -0.2) is 23.9 Å². The number of ketones is 1. The van der Waals surface area contributed by atoms with E-state index in [2.05, 4.69) is 0 Å². The van der Waals surface area contributed by atoms with E-state index in [1.807, 2.05) is 0 Å². The van der Waals surface area contributed by atoms with Crippen LogP contribution >= 0.6 is 0 Å². The maximum absolute atomic E-state index is 14.0. The first-order valence-corrected chi connectivity index (χ1v) is 9.89. The Bertz CT molecular complexity index is 1300. The Morgan fingerprint density at radius 3 is 2.24 bits per heavy atom. The van der Waals surface area contributed by atoms with Gasteiger partial charge in [0.2, 0.25) is 0 Å². The Labute approximate surface area is 187 Å². The number of Topliss-reactive ketones (excluding diaryl/α,β-unsaturated/α-hetero) is 1. The molecular formula is C25H18F3NO4. The molecule has 0 aromatic heterocycles. The molecule has 5 nitrogen and oxygen atoms in total. The fourth-order valence-electron chi connectivity index (χ4n) is 3.87. The highest BCUT2D eigenvalue weighted by Crippen LogP contribution is 2.43. The molecule has 1 atom stereocenters. The summed E-state index contributed by atoms with van der Waals surface area (Å²) in [6.45, 7) is 1.69. The molecule has 168 valence electrons. The van der Waals surface area contributed by atoms with Crippen molar-refractivity contribution < 1.29 is 32.6 Å². The van der Waals surface area contributed by atoms with E-state index in [-0.39, 0.29) is 16.8 Å². The van der Waals surface area contributed by atoms with Crippen molar-refractivity contribution in [3.05, 3.63) is 100 Å². The number of halogens is 3. The summed E-state index contributed by atoms with van der Waals surface area (Å²) in [5.74, 6) is -4.85. The molecular weight excluding hydrogens is 435 g/mol. The fourth-order valence-corrected chi connectivity index (χ4v) is 3.87. The van der Waals surface area contributed by atoms with Crippen molar-refractivity contribution in [1.82, 2.24) is 0 Å². The first kappa shape index (κ1) is 22.1. The Morgan fingerprint density at radius 1 is 0.939 bits per heavy atom. The van der Waals surface area contributed by atoms with Crippen molar-refractivity contribution in [3.63, 3.8) is 0 Å². The van der Waals surface area contributed by atoms with Gasteiger partial charge in [0.25, 0.3) is 11.7 Å². The number of anilines is 1. The van der Waals surface area contributed by atoms with E-state index in [4.69, 9.17) is 4.74 Å². The molecule has 1 fully saturated rings. The van der Waals surface area contributed by atoms with Gasteiger partial charge in [0.05, 0.1) is 18.7 Å². The summed E-state index contributed by atoms with van der Waals surface area (Å²) in [5, 5.41) is 11.1. The van der Waals surface area contributed by atoms with Crippen LogP contribution in [0.4, 0.5) is 18.9 Å². The number of hydrogen-bond donors (Lipinski definition) is 1. The van der Waals surface area contributed by atoms with Crippen molar-refractivity contribution >= 4 is 23.1 Å². The third-order valence-electron chi connectivity index (χ3n) is 5.50. The third-order valence-corrected chi connectivity index (χ3v) is 5.50. The monoisotopic (exact) mass is 453 g/mol. The van der Waals surface area contributed by atoms with Gasteiger partial charge in [-0.2, -0.15) is 0 Å². The van der Waals surface area contributed by atoms with E-state index in [0.717, 1.165) is 35.2 Å². The predicted molar refractivity (Wildman–Crippen MR) is 115 cm³/mol. The van der Waals surface area contributed by atoms with Crippen LogP contribution in [0.25, 0.3) is 5.76 Å². The lowest BCUT2D eigenvalue weighted by Gasteiger charge is -2.25. The Kier molecular flexibility index (Phi) is 5.68. The molecule has 0 aliphatic carbocycles. The summed E-state index contributed by atoms with van der Waals surface area (Å²) >= 11 is 0. The Hall–Kier alpha value is -4.07. The second-order valence-corrected chi connectivity index (χ2v) is 7.50. The molecule has 3 aromatic rings. The molecule has 0 saturated carbocycles. The predicted octanol–water partition coefficient (Wildman–Crippen LogP) is 5.05. The largest absolute Gasteiger partial charge is 0.507 e. The lowest BCUT2D eigenvalue weighted by atomic mass is 9.93. The SMILES string of the molecule is COc1ccc(/C(O)=C2\C(=O)C(=O)N(c3ccc(F)c(F)c3)C2c2ccc(F)cc2)c(C)c1. The molecule has 1 heterocycles. The molecule has 1 amide bonds. The van der Waals surface area contributed by atoms with Gasteiger partial charge < -0.3 is 9.84 Å². The third kappa shape index (κ3) is 3.84. The Balaban J connectivity index is 1.96. The molecule has 1 saturated heterocycles.